The highest BCUT2D eigenvalue weighted by atomic mass is 32.2. The fourth-order valence-electron chi connectivity index (χ4n) is 1.70. The maximum atomic E-state index is 11.9. The molecule has 0 aliphatic carbocycles. The Kier molecular flexibility index (Phi) is 5.02. The van der Waals surface area contributed by atoms with Crippen LogP contribution in [-0.4, -0.2) is 25.1 Å². The van der Waals surface area contributed by atoms with Crippen molar-refractivity contribution in [2.24, 2.45) is 5.73 Å². The number of benzene rings is 1. The van der Waals surface area contributed by atoms with Crippen molar-refractivity contribution in [3.05, 3.63) is 39.4 Å². The summed E-state index contributed by atoms with van der Waals surface area (Å²) in [6.45, 7) is 3.31. The molecule has 0 saturated carbocycles. The molecule has 0 spiro atoms. The van der Waals surface area contributed by atoms with Crippen LogP contribution >= 0.6 is 0 Å². The largest absolute Gasteiger partial charge is 0.328 e. The summed E-state index contributed by atoms with van der Waals surface area (Å²) >= 11 is 0. The zero-order chi connectivity index (χ0) is 14.6. The average molecular weight is 286 g/mol. The Morgan fingerprint density at radius 1 is 1.42 bits per heavy atom. The van der Waals surface area contributed by atoms with E-state index >= 15 is 0 Å². The molecule has 0 aromatic heterocycles. The van der Waals surface area contributed by atoms with E-state index in [0.717, 1.165) is 0 Å². The van der Waals surface area contributed by atoms with Crippen molar-refractivity contribution in [2.75, 3.05) is 5.75 Å². The second-order valence-electron chi connectivity index (χ2n) is 4.68. The van der Waals surface area contributed by atoms with Gasteiger partial charge in [0.15, 0.2) is 9.84 Å². The van der Waals surface area contributed by atoms with Crippen molar-refractivity contribution < 1.29 is 13.3 Å². The molecular weight excluding hydrogens is 268 g/mol. The van der Waals surface area contributed by atoms with Gasteiger partial charge in [-0.3, -0.25) is 10.1 Å². The average Bonchev–Trinajstić information content (AvgIpc) is 2.29. The topological polar surface area (TPSA) is 103 Å². The summed E-state index contributed by atoms with van der Waals surface area (Å²) in [5.74, 6) is -0.194. The lowest BCUT2D eigenvalue weighted by Crippen LogP contribution is -2.21. The molecule has 1 unspecified atom stereocenters. The van der Waals surface area contributed by atoms with Crippen molar-refractivity contribution in [2.45, 2.75) is 32.1 Å². The Balaban J connectivity index is 2.94. The van der Waals surface area contributed by atoms with Crippen LogP contribution in [0.3, 0.4) is 0 Å². The lowest BCUT2D eigenvalue weighted by Gasteiger charge is -2.09. The molecule has 19 heavy (non-hydrogen) atoms. The van der Waals surface area contributed by atoms with E-state index in [0.29, 0.717) is 17.5 Å². The molecule has 7 heteroatoms. The third kappa shape index (κ3) is 4.60. The van der Waals surface area contributed by atoms with Crippen LogP contribution in [-0.2, 0) is 15.6 Å². The third-order valence-corrected chi connectivity index (χ3v) is 4.48. The van der Waals surface area contributed by atoms with E-state index in [9.17, 15) is 18.5 Å². The second-order valence-corrected chi connectivity index (χ2v) is 6.86. The Bertz CT molecular complexity index is 567. The van der Waals surface area contributed by atoms with Gasteiger partial charge in [-0.1, -0.05) is 12.1 Å². The van der Waals surface area contributed by atoms with Crippen LogP contribution in [0.25, 0.3) is 0 Å². The van der Waals surface area contributed by atoms with Gasteiger partial charge in [-0.15, -0.1) is 0 Å². The Morgan fingerprint density at radius 2 is 2.05 bits per heavy atom. The number of rotatable bonds is 6. The van der Waals surface area contributed by atoms with Crippen molar-refractivity contribution >= 4 is 15.5 Å². The van der Waals surface area contributed by atoms with Gasteiger partial charge in [0.25, 0.3) is 5.69 Å². The predicted molar refractivity (Wildman–Crippen MR) is 73.6 cm³/mol. The second kappa shape index (κ2) is 6.12. The minimum atomic E-state index is -3.30. The first-order valence-electron chi connectivity index (χ1n) is 5.92. The van der Waals surface area contributed by atoms with E-state index in [1.807, 2.05) is 0 Å². The van der Waals surface area contributed by atoms with E-state index in [1.165, 1.54) is 12.1 Å². The van der Waals surface area contributed by atoms with Crippen LogP contribution < -0.4 is 5.73 Å². The maximum absolute atomic E-state index is 11.9. The van der Waals surface area contributed by atoms with Crippen molar-refractivity contribution in [1.29, 1.82) is 0 Å². The molecule has 1 atom stereocenters. The smallest absolute Gasteiger partial charge is 0.272 e. The summed E-state index contributed by atoms with van der Waals surface area (Å²) in [6.07, 6.45) is 0.385. The maximum Gasteiger partial charge on any atom is 0.272 e. The number of nitrogens with zero attached hydrogens (tertiary/aromatic N) is 1. The van der Waals surface area contributed by atoms with Gasteiger partial charge in [0.05, 0.1) is 16.4 Å². The van der Waals surface area contributed by atoms with Crippen LogP contribution in [0.1, 0.15) is 24.5 Å². The summed E-state index contributed by atoms with van der Waals surface area (Å²) in [6, 6.07) is 4.29. The molecule has 0 fully saturated rings. The van der Waals surface area contributed by atoms with Crippen LogP contribution in [0.5, 0.6) is 0 Å². The standard InChI is InChI=1S/C12H18N2O4S/c1-9(13)6-7-19(17,18)8-11-4-3-5-12(10(11)2)14(15)16/h3-5,9H,6-8,13H2,1-2H3. The first-order valence-corrected chi connectivity index (χ1v) is 7.74. The van der Waals surface area contributed by atoms with E-state index in [-0.39, 0.29) is 23.2 Å². The van der Waals surface area contributed by atoms with E-state index in [2.05, 4.69) is 0 Å². The number of hydrogen-bond acceptors (Lipinski definition) is 5. The van der Waals surface area contributed by atoms with Crippen LogP contribution in [0.4, 0.5) is 5.69 Å². The molecule has 1 aromatic carbocycles. The molecule has 1 rings (SSSR count). The van der Waals surface area contributed by atoms with Crippen molar-refractivity contribution in [3.63, 3.8) is 0 Å². The van der Waals surface area contributed by atoms with Gasteiger partial charge < -0.3 is 5.73 Å². The zero-order valence-electron chi connectivity index (χ0n) is 11.0. The molecule has 0 saturated heterocycles. The van der Waals surface area contributed by atoms with Gasteiger partial charge in [0.2, 0.25) is 0 Å². The van der Waals surface area contributed by atoms with Gasteiger partial charge in [0, 0.05) is 17.7 Å². The summed E-state index contributed by atoms with van der Waals surface area (Å²) in [4.78, 5) is 10.3. The first-order chi connectivity index (χ1) is 8.73. The fraction of sp³-hybridized carbons (Fsp3) is 0.500. The van der Waals surface area contributed by atoms with Crippen LogP contribution in [0.15, 0.2) is 18.2 Å². The van der Waals surface area contributed by atoms with Crippen LogP contribution in [0, 0.1) is 17.0 Å². The highest BCUT2D eigenvalue weighted by molar-refractivity contribution is 7.90. The normalized spacial score (nSPS) is 13.2. The fourth-order valence-corrected chi connectivity index (χ4v) is 3.36. The van der Waals surface area contributed by atoms with Gasteiger partial charge in [-0.2, -0.15) is 0 Å². The minimum Gasteiger partial charge on any atom is -0.328 e. The molecule has 106 valence electrons. The summed E-state index contributed by atoms with van der Waals surface area (Å²) < 4.78 is 23.8. The highest BCUT2D eigenvalue weighted by Gasteiger charge is 2.18. The summed E-state index contributed by atoms with van der Waals surface area (Å²) in [7, 11) is -3.30. The van der Waals surface area contributed by atoms with E-state index < -0.39 is 14.8 Å². The Labute approximate surface area is 112 Å². The minimum absolute atomic E-state index is 0.00714. The van der Waals surface area contributed by atoms with Gasteiger partial charge in [-0.05, 0) is 25.8 Å². The Hall–Kier alpha value is -1.47. The number of hydrogen-bond donors (Lipinski definition) is 1. The lowest BCUT2D eigenvalue weighted by molar-refractivity contribution is -0.385. The number of sulfone groups is 1. The van der Waals surface area contributed by atoms with Gasteiger partial charge >= 0.3 is 0 Å². The molecule has 0 radical (unpaired) electrons. The SMILES string of the molecule is Cc1c(CS(=O)(=O)CCC(C)N)cccc1[N+](=O)[O-]. The molecular formula is C12H18N2O4S. The molecule has 1 aromatic rings. The number of nitro groups is 1. The van der Waals surface area contributed by atoms with Crippen LogP contribution in [0.2, 0.25) is 0 Å². The summed E-state index contributed by atoms with van der Waals surface area (Å²) in [5.41, 5.74) is 6.35. The zero-order valence-corrected chi connectivity index (χ0v) is 11.8. The van der Waals surface area contributed by atoms with Gasteiger partial charge in [-0.25, -0.2) is 8.42 Å². The summed E-state index contributed by atoms with van der Waals surface area (Å²) in [5, 5.41) is 10.8. The quantitative estimate of drug-likeness (QED) is 0.631. The first kappa shape index (κ1) is 15.6. The molecule has 0 bridgehead atoms. The van der Waals surface area contributed by atoms with E-state index in [4.69, 9.17) is 5.73 Å². The lowest BCUT2D eigenvalue weighted by atomic mass is 10.1. The van der Waals surface area contributed by atoms with Crippen molar-refractivity contribution in [1.82, 2.24) is 0 Å². The monoisotopic (exact) mass is 286 g/mol. The highest BCUT2D eigenvalue weighted by Crippen LogP contribution is 2.23. The molecule has 2 N–H and O–H groups in total. The van der Waals surface area contributed by atoms with Crippen molar-refractivity contribution in [3.8, 4) is 0 Å². The predicted octanol–water partition coefficient (Wildman–Crippen LogP) is 1.56. The molecule has 6 nitrogen and oxygen atoms in total. The molecule has 0 aliphatic rings. The van der Waals surface area contributed by atoms with Gasteiger partial charge in [0.1, 0.15) is 0 Å². The molecule has 0 aliphatic heterocycles. The third-order valence-electron chi connectivity index (χ3n) is 2.87. The number of nitrogens with two attached hydrogens (primary N) is 1. The number of nitro benzene ring substituents is 1. The van der Waals surface area contributed by atoms with E-state index in [1.54, 1.807) is 19.9 Å². The Morgan fingerprint density at radius 3 is 2.58 bits per heavy atom. The molecule has 0 heterocycles. The molecule has 0 amide bonds.